The number of carbonyl (C=O) groups is 1. The van der Waals surface area contributed by atoms with Gasteiger partial charge in [-0.15, -0.1) is 0 Å². The number of hydrogen-bond acceptors (Lipinski definition) is 3. The van der Waals surface area contributed by atoms with E-state index in [9.17, 15) is 4.79 Å². The Labute approximate surface area is 95.6 Å². The molecule has 1 aromatic rings. The van der Waals surface area contributed by atoms with E-state index in [2.05, 4.69) is 9.97 Å². The zero-order valence-electron chi connectivity index (χ0n) is 9.70. The second-order valence-corrected chi connectivity index (χ2v) is 4.79. The van der Waals surface area contributed by atoms with Gasteiger partial charge in [0.1, 0.15) is 11.5 Å². The first-order chi connectivity index (χ1) is 7.65. The first kappa shape index (κ1) is 11.3. The molecule has 0 aromatic carbocycles. The second kappa shape index (κ2) is 4.78. The van der Waals surface area contributed by atoms with Crippen molar-refractivity contribution < 1.29 is 4.79 Å². The predicted octanol–water partition coefficient (Wildman–Crippen LogP) is 1.81. The Morgan fingerprint density at radius 2 is 2.19 bits per heavy atom. The molecule has 0 amide bonds. The average Bonchev–Trinajstić information content (AvgIpc) is 2.68. The number of imidazole rings is 1. The van der Waals surface area contributed by atoms with Crippen molar-refractivity contribution >= 4 is 5.78 Å². The number of nitrogens with two attached hydrogens (primary N) is 1. The van der Waals surface area contributed by atoms with E-state index in [1.807, 2.05) is 6.92 Å². The number of rotatable bonds is 3. The molecule has 0 spiro atoms. The molecule has 16 heavy (non-hydrogen) atoms. The van der Waals surface area contributed by atoms with E-state index in [1.54, 1.807) is 6.20 Å². The monoisotopic (exact) mass is 221 g/mol. The Morgan fingerprint density at radius 1 is 1.50 bits per heavy atom. The van der Waals surface area contributed by atoms with Crippen LogP contribution in [0.4, 0.5) is 0 Å². The van der Waals surface area contributed by atoms with Crippen LogP contribution in [-0.2, 0) is 0 Å². The molecule has 1 saturated carbocycles. The largest absolute Gasteiger partial charge is 0.340 e. The fraction of sp³-hybridized carbons (Fsp3) is 0.667. The van der Waals surface area contributed by atoms with Crippen LogP contribution in [0.2, 0.25) is 0 Å². The van der Waals surface area contributed by atoms with Crippen LogP contribution in [0.3, 0.4) is 0 Å². The zero-order valence-corrected chi connectivity index (χ0v) is 9.70. The highest BCUT2D eigenvalue weighted by molar-refractivity contribution is 5.94. The quantitative estimate of drug-likeness (QED) is 0.764. The van der Waals surface area contributed by atoms with Crippen molar-refractivity contribution in [1.82, 2.24) is 9.97 Å². The molecule has 0 atom stereocenters. The summed E-state index contributed by atoms with van der Waals surface area (Å²) in [6.07, 6.45) is 6.54. The Balaban J connectivity index is 1.88. The van der Waals surface area contributed by atoms with Gasteiger partial charge >= 0.3 is 0 Å². The summed E-state index contributed by atoms with van der Waals surface area (Å²) in [5, 5.41) is 0. The third-order valence-corrected chi connectivity index (χ3v) is 3.37. The topological polar surface area (TPSA) is 71.8 Å². The van der Waals surface area contributed by atoms with Crippen molar-refractivity contribution in [3.8, 4) is 0 Å². The van der Waals surface area contributed by atoms with Crippen LogP contribution < -0.4 is 5.73 Å². The van der Waals surface area contributed by atoms with Crippen LogP contribution in [0, 0.1) is 12.8 Å². The van der Waals surface area contributed by atoms with E-state index in [0.717, 1.165) is 31.5 Å². The number of nitrogens with one attached hydrogen (secondary N) is 1. The van der Waals surface area contributed by atoms with Crippen LogP contribution >= 0.6 is 0 Å². The van der Waals surface area contributed by atoms with Gasteiger partial charge in [-0.25, -0.2) is 4.98 Å². The number of hydrogen-bond donors (Lipinski definition) is 2. The van der Waals surface area contributed by atoms with Gasteiger partial charge in [0.15, 0.2) is 5.78 Å². The number of nitrogens with zero attached hydrogens (tertiary/aromatic N) is 1. The minimum Gasteiger partial charge on any atom is -0.340 e. The summed E-state index contributed by atoms with van der Waals surface area (Å²) >= 11 is 0. The van der Waals surface area contributed by atoms with Gasteiger partial charge in [0.2, 0.25) is 0 Å². The number of aromatic nitrogens is 2. The molecule has 1 heterocycles. The molecule has 0 bridgehead atoms. The van der Waals surface area contributed by atoms with Crippen molar-refractivity contribution in [2.75, 3.05) is 0 Å². The van der Waals surface area contributed by atoms with Gasteiger partial charge in [0, 0.05) is 12.5 Å². The molecule has 1 fully saturated rings. The molecule has 4 heteroatoms. The molecule has 1 aromatic heterocycles. The molecule has 0 radical (unpaired) electrons. The third-order valence-electron chi connectivity index (χ3n) is 3.37. The van der Waals surface area contributed by atoms with Crippen molar-refractivity contribution in [2.45, 2.75) is 45.1 Å². The zero-order chi connectivity index (χ0) is 11.5. The highest BCUT2D eigenvalue weighted by Gasteiger charge is 2.22. The first-order valence-corrected chi connectivity index (χ1v) is 5.95. The maximum absolute atomic E-state index is 11.9. The normalized spacial score (nSPS) is 25.6. The third kappa shape index (κ3) is 2.70. The molecule has 2 rings (SSSR count). The number of aromatic amines is 1. The lowest BCUT2D eigenvalue weighted by Crippen LogP contribution is -2.27. The van der Waals surface area contributed by atoms with Crippen LogP contribution in [0.1, 0.15) is 48.4 Å². The van der Waals surface area contributed by atoms with Gasteiger partial charge in [-0.2, -0.15) is 0 Å². The summed E-state index contributed by atoms with van der Waals surface area (Å²) in [7, 11) is 0. The van der Waals surface area contributed by atoms with Gasteiger partial charge in [-0.05, 0) is 38.5 Å². The average molecular weight is 221 g/mol. The van der Waals surface area contributed by atoms with Crippen molar-refractivity contribution in [3.63, 3.8) is 0 Å². The van der Waals surface area contributed by atoms with Gasteiger partial charge in [0.25, 0.3) is 0 Å². The van der Waals surface area contributed by atoms with Crippen LogP contribution in [0.15, 0.2) is 6.20 Å². The minimum atomic E-state index is 0.182. The summed E-state index contributed by atoms with van der Waals surface area (Å²) < 4.78 is 0. The van der Waals surface area contributed by atoms with Crippen LogP contribution in [0.5, 0.6) is 0 Å². The van der Waals surface area contributed by atoms with Gasteiger partial charge in [-0.3, -0.25) is 4.79 Å². The lowest BCUT2D eigenvalue weighted by atomic mass is 9.83. The number of H-pyrrole nitrogens is 1. The Hall–Kier alpha value is -1.16. The van der Waals surface area contributed by atoms with Crippen molar-refractivity contribution in [2.24, 2.45) is 11.7 Å². The number of aryl methyl sites for hydroxylation is 1. The van der Waals surface area contributed by atoms with Crippen molar-refractivity contribution in [3.05, 3.63) is 17.7 Å². The van der Waals surface area contributed by atoms with E-state index < -0.39 is 0 Å². The summed E-state index contributed by atoms with van der Waals surface area (Å²) in [5.41, 5.74) is 6.49. The fourth-order valence-corrected chi connectivity index (χ4v) is 2.33. The van der Waals surface area contributed by atoms with E-state index in [0.29, 0.717) is 24.1 Å². The SMILES string of the molecule is Cc1ncc(C(=O)CC2CCC(N)CC2)[nH]1. The highest BCUT2D eigenvalue weighted by Crippen LogP contribution is 2.26. The molecule has 0 unspecified atom stereocenters. The van der Waals surface area contributed by atoms with Crippen LogP contribution in [0.25, 0.3) is 0 Å². The second-order valence-electron chi connectivity index (χ2n) is 4.79. The molecule has 3 N–H and O–H groups in total. The smallest absolute Gasteiger partial charge is 0.180 e. The number of ketones is 1. The summed E-state index contributed by atoms with van der Waals surface area (Å²) in [5.74, 6) is 1.49. The maximum Gasteiger partial charge on any atom is 0.180 e. The highest BCUT2D eigenvalue weighted by atomic mass is 16.1. The minimum absolute atomic E-state index is 0.182. The fourth-order valence-electron chi connectivity index (χ4n) is 2.33. The Bertz CT molecular complexity index is 364. The van der Waals surface area contributed by atoms with Gasteiger partial charge in [-0.1, -0.05) is 0 Å². The Kier molecular flexibility index (Phi) is 3.39. The van der Waals surface area contributed by atoms with Crippen LogP contribution in [-0.4, -0.2) is 21.8 Å². The molecule has 1 aliphatic rings. The summed E-state index contributed by atoms with van der Waals surface area (Å²) in [6.45, 7) is 1.86. The maximum atomic E-state index is 11.9. The summed E-state index contributed by atoms with van der Waals surface area (Å²) in [6, 6.07) is 0.348. The van der Waals surface area contributed by atoms with E-state index >= 15 is 0 Å². The molecule has 0 aliphatic heterocycles. The first-order valence-electron chi connectivity index (χ1n) is 5.95. The lowest BCUT2D eigenvalue weighted by molar-refractivity contribution is 0.0943. The van der Waals surface area contributed by atoms with E-state index in [1.165, 1.54) is 0 Å². The van der Waals surface area contributed by atoms with E-state index in [-0.39, 0.29) is 5.78 Å². The molecule has 1 aliphatic carbocycles. The predicted molar refractivity (Wildman–Crippen MR) is 62.2 cm³/mol. The standard InChI is InChI=1S/C12H19N3O/c1-8-14-7-11(15-8)12(16)6-9-2-4-10(13)5-3-9/h7,9-10H,2-6,13H2,1H3,(H,14,15). The summed E-state index contributed by atoms with van der Waals surface area (Å²) in [4.78, 5) is 18.9. The Morgan fingerprint density at radius 3 is 2.75 bits per heavy atom. The lowest BCUT2D eigenvalue weighted by Gasteiger charge is -2.25. The molecular weight excluding hydrogens is 202 g/mol. The van der Waals surface area contributed by atoms with Gasteiger partial charge < -0.3 is 10.7 Å². The molecule has 88 valence electrons. The van der Waals surface area contributed by atoms with E-state index in [4.69, 9.17) is 5.73 Å². The molecule has 0 saturated heterocycles. The molecular formula is C12H19N3O. The molecule has 4 nitrogen and oxygen atoms in total. The number of carbonyl (C=O) groups excluding carboxylic acids is 1. The van der Waals surface area contributed by atoms with Crippen molar-refractivity contribution in [1.29, 1.82) is 0 Å². The number of Topliss-reactive ketones (excluding diaryl/α,β-unsaturated/α-hetero) is 1. The van der Waals surface area contributed by atoms with Gasteiger partial charge in [0.05, 0.1) is 6.20 Å².